The summed E-state index contributed by atoms with van der Waals surface area (Å²) in [4.78, 5) is 12.3. The van der Waals surface area contributed by atoms with E-state index in [1.54, 1.807) is 0 Å². The molecule has 0 bridgehead atoms. The van der Waals surface area contributed by atoms with Gasteiger partial charge >= 0.3 is 0 Å². The first kappa shape index (κ1) is 14.1. The topological polar surface area (TPSA) is 38.3 Å². The number of amides is 1. The fourth-order valence-electron chi connectivity index (χ4n) is 2.49. The van der Waals surface area contributed by atoms with Crippen molar-refractivity contribution in [3.63, 3.8) is 0 Å². The standard InChI is InChI=1S/C17H16BrNO2/c1-11-5-4-7-14(16(11)18)17(20)19-10-13-9-12-6-2-3-8-15(12)21-13/h2-8,13H,9-10H2,1H3,(H,19,20). The zero-order valence-corrected chi connectivity index (χ0v) is 13.3. The molecule has 1 aliphatic rings. The van der Waals surface area contributed by atoms with Crippen LogP contribution in [0.25, 0.3) is 0 Å². The molecule has 3 nitrogen and oxygen atoms in total. The van der Waals surface area contributed by atoms with Crippen LogP contribution in [-0.2, 0) is 6.42 Å². The van der Waals surface area contributed by atoms with E-state index < -0.39 is 0 Å². The third-order valence-corrected chi connectivity index (χ3v) is 4.69. The van der Waals surface area contributed by atoms with Crippen molar-refractivity contribution >= 4 is 21.8 Å². The molecule has 0 saturated carbocycles. The molecule has 0 aliphatic carbocycles. The van der Waals surface area contributed by atoms with Gasteiger partial charge in [-0.1, -0.05) is 30.3 Å². The largest absolute Gasteiger partial charge is 0.488 e. The number of hydrogen-bond acceptors (Lipinski definition) is 2. The van der Waals surface area contributed by atoms with Gasteiger partial charge in [-0.05, 0) is 46.1 Å². The molecule has 1 N–H and O–H groups in total. The number of para-hydroxylation sites is 1. The second-order valence-corrected chi connectivity index (χ2v) is 5.99. The molecule has 1 unspecified atom stereocenters. The Bertz CT molecular complexity index is 659. The van der Waals surface area contributed by atoms with Crippen molar-refractivity contribution in [2.75, 3.05) is 6.54 Å². The van der Waals surface area contributed by atoms with E-state index in [9.17, 15) is 4.79 Å². The highest BCUT2D eigenvalue weighted by atomic mass is 79.9. The highest BCUT2D eigenvalue weighted by molar-refractivity contribution is 9.10. The summed E-state index contributed by atoms with van der Waals surface area (Å²) >= 11 is 3.47. The molecule has 0 radical (unpaired) electrons. The molecule has 1 aliphatic heterocycles. The third kappa shape index (κ3) is 2.95. The fourth-order valence-corrected chi connectivity index (χ4v) is 2.94. The Kier molecular flexibility index (Phi) is 3.97. The Morgan fingerprint density at radius 1 is 1.29 bits per heavy atom. The van der Waals surface area contributed by atoms with Gasteiger partial charge < -0.3 is 10.1 Å². The van der Waals surface area contributed by atoms with Gasteiger partial charge in [0.2, 0.25) is 0 Å². The van der Waals surface area contributed by atoms with Crippen LogP contribution in [-0.4, -0.2) is 18.6 Å². The van der Waals surface area contributed by atoms with Gasteiger partial charge in [0.05, 0.1) is 12.1 Å². The molecule has 2 aromatic rings. The van der Waals surface area contributed by atoms with Crippen LogP contribution in [0, 0.1) is 6.92 Å². The van der Waals surface area contributed by atoms with Crippen molar-refractivity contribution in [2.24, 2.45) is 0 Å². The lowest BCUT2D eigenvalue weighted by Crippen LogP contribution is -2.34. The number of nitrogens with one attached hydrogen (secondary N) is 1. The summed E-state index contributed by atoms with van der Waals surface area (Å²) in [5, 5.41) is 2.95. The molecule has 108 valence electrons. The Morgan fingerprint density at radius 3 is 2.90 bits per heavy atom. The van der Waals surface area contributed by atoms with E-state index in [0.29, 0.717) is 12.1 Å². The van der Waals surface area contributed by atoms with Crippen LogP contribution in [0.2, 0.25) is 0 Å². The lowest BCUT2D eigenvalue weighted by molar-refractivity contribution is 0.0932. The molecular formula is C17H16BrNO2. The van der Waals surface area contributed by atoms with E-state index >= 15 is 0 Å². The number of hydrogen-bond donors (Lipinski definition) is 1. The van der Waals surface area contributed by atoms with Crippen molar-refractivity contribution in [1.29, 1.82) is 0 Å². The smallest absolute Gasteiger partial charge is 0.252 e. The zero-order chi connectivity index (χ0) is 14.8. The van der Waals surface area contributed by atoms with Gasteiger partial charge in [0.25, 0.3) is 5.91 Å². The highest BCUT2D eigenvalue weighted by Crippen LogP contribution is 2.28. The first-order valence-corrected chi connectivity index (χ1v) is 7.72. The minimum atomic E-state index is -0.0786. The summed E-state index contributed by atoms with van der Waals surface area (Å²) in [6.07, 6.45) is 0.848. The maximum absolute atomic E-state index is 12.3. The van der Waals surface area contributed by atoms with Crippen LogP contribution in [0.1, 0.15) is 21.5 Å². The van der Waals surface area contributed by atoms with E-state index in [0.717, 1.165) is 22.2 Å². The molecule has 0 saturated heterocycles. The monoisotopic (exact) mass is 345 g/mol. The van der Waals surface area contributed by atoms with Crippen LogP contribution < -0.4 is 10.1 Å². The van der Waals surface area contributed by atoms with Crippen LogP contribution in [0.5, 0.6) is 5.75 Å². The molecule has 3 rings (SSSR count). The van der Waals surface area contributed by atoms with E-state index in [2.05, 4.69) is 27.3 Å². The van der Waals surface area contributed by atoms with Gasteiger partial charge in [-0.3, -0.25) is 4.79 Å². The number of benzene rings is 2. The summed E-state index contributed by atoms with van der Waals surface area (Å²) in [6.45, 7) is 2.48. The number of aryl methyl sites for hydroxylation is 1. The maximum Gasteiger partial charge on any atom is 0.252 e. The predicted octanol–water partition coefficient (Wildman–Crippen LogP) is 3.49. The van der Waals surface area contributed by atoms with Crippen molar-refractivity contribution in [2.45, 2.75) is 19.4 Å². The number of carbonyl (C=O) groups excluding carboxylic acids is 1. The van der Waals surface area contributed by atoms with Gasteiger partial charge in [0, 0.05) is 10.9 Å². The molecule has 1 heterocycles. The average molecular weight is 346 g/mol. The SMILES string of the molecule is Cc1cccc(C(=O)NCC2Cc3ccccc3O2)c1Br. The number of ether oxygens (including phenoxy) is 1. The Morgan fingerprint density at radius 2 is 2.10 bits per heavy atom. The zero-order valence-electron chi connectivity index (χ0n) is 11.7. The van der Waals surface area contributed by atoms with Crippen molar-refractivity contribution < 1.29 is 9.53 Å². The molecule has 0 spiro atoms. The third-order valence-electron chi connectivity index (χ3n) is 3.64. The summed E-state index contributed by atoms with van der Waals surface area (Å²) in [6, 6.07) is 13.7. The van der Waals surface area contributed by atoms with Crippen molar-refractivity contribution in [3.05, 3.63) is 63.6 Å². The van der Waals surface area contributed by atoms with Crippen LogP contribution >= 0.6 is 15.9 Å². The Hall–Kier alpha value is -1.81. The van der Waals surface area contributed by atoms with Crippen molar-refractivity contribution in [1.82, 2.24) is 5.32 Å². The summed E-state index contributed by atoms with van der Waals surface area (Å²) in [5.41, 5.74) is 2.91. The number of fused-ring (bicyclic) bond motifs is 1. The summed E-state index contributed by atoms with van der Waals surface area (Å²) < 4.78 is 6.67. The van der Waals surface area contributed by atoms with Crippen LogP contribution in [0.4, 0.5) is 0 Å². The second-order valence-electron chi connectivity index (χ2n) is 5.20. The molecular weight excluding hydrogens is 330 g/mol. The lowest BCUT2D eigenvalue weighted by Gasteiger charge is -2.13. The number of halogens is 1. The molecule has 0 fully saturated rings. The fraction of sp³-hybridized carbons (Fsp3) is 0.235. The van der Waals surface area contributed by atoms with Gasteiger partial charge in [-0.15, -0.1) is 0 Å². The second kappa shape index (κ2) is 5.90. The molecule has 4 heteroatoms. The van der Waals surface area contributed by atoms with Gasteiger partial charge in [0.1, 0.15) is 11.9 Å². The molecule has 21 heavy (non-hydrogen) atoms. The highest BCUT2D eigenvalue weighted by Gasteiger charge is 2.23. The first-order chi connectivity index (χ1) is 10.1. The van der Waals surface area contributed by atoms with Gasteiger partial charge in [-0.25, -0.2) is 0 Å². The van der Waals surface area contributed by atoms with E-state index in [4.69, 9.17) is 4.74 Å². The van der Waals surface area contributed by atoms with Crippen LogP contribution in [0.3, 0.4) is 0 Å². The van der Waals surface area contributed by atoms with E-state index in [-0.39, 0.29) is 12.0 Å². The molecule has 0 aromatic heterocycles. The minimum absolute atomic E-state index is 0.00920. The summed E-state index contributed by atoms with van der Waals surface area (Å²) in [5.74, 6) is 0.846. The van der Waals surface area contributed by atoms with Crippen molar-refractivity contribution in [3.8, 4) is 5.75 Å². The van der Waals surface area contributed by atoms with E-state index in [1.165, 1.54) is 5.56 Å². The minimum Gasteiger partial charge on any atom is -0.488 e. The number of rotatable bonds is 3. The molecule has 1 atom stereocenters. The average Bonchev–Trinajstić information content (AvgIpc) is 2.90. The van der Waals surface area contributed by atoms with Crippen LogP contribution in [0.15, 0.2) is 46.9 Å². The van der Waals surface area contributed by atoms with E-state index in [1.807, 2.05) is 43.3 Å². The number of carbonyl (C=O) groups is 1. The predicted molar refractivity (Wildman–Crippen MR) is 85.8 cm³/mol. The Balaban J connectivity index is 1.62. The van der Waals surface area contributed by atoms with Gasteiger partial charge in [-0.2, -0.15) is 0 Å². The summed E-state index contributed by atoms with van der Waals surface area (Å²) in [7, 11) is 0. The first-order valence-electron chi connectivity index (χ1n) is 6.93. The Labute approximate surface area is 132 Å². The molecule has 1 amide bonds. The quantitative estimate of drug-likeness (QED) is 0.924. The van der Waals surface area contributed by atoms with Gasteiger partial charge in [0.15, 0.2) is 0 Å². The molecule has 2 aromatic carbocycles. The normalized spacial score (nSPS) is 16.2. The maximum atomic E-state index is 12.3. The lowest BCUT2D eigenvalue weighted by atomic mass is 10.1.